The number of nitrogens with one attached hydrogen (secondary N) is 2. The number of fused-ring (bicyclic) bond motifs is 2. The van der Waals surface area contributed by atoms with E-state index in [0.29, 0.717) is 54.1 Å². The van der Waals surface area contributed by atoms with Gasteiger partial charge < -0.3 is 25.4 Å². The Morgan fingerprint density at radius 2 is 2.08 bits per heavy atom. The van der Waals surface area contributed by atoms with Crippen molar-refractivity contribution in [3.63, 3.8) is 0 Å². The van der Waals surface area contributed by atoms with Crippen LogP contribution < -0.4 is 15.5 Å². The number of halogens is 3. The van der Waals surface area contributed by atoms with Gasteiger partial charge in [-0.05, 0) is 44.0 Å². The molecule has 0 aliphatic carbocycles. The Balaban J connectivity index is 1.46. The average molecular weight is 530 g/mol. The van der Waals surface area contributed by atoms with E-state index < -0.39 is 23.3 Å². The molecule has 2 fully saturated rings. The van der Waals surface area contributed by atoms with E-state index in [0.717, 1.165) is 12.0 Å². The van der Waals surface area contributed by atoms with Gasteiger partial charge in [-0.15, -0.1) is 5.10 Å². The molecule has 1 aromatic carbocycles. The Kier molecular flexibility index (Phi) is 6.88. The summed E-state index contributed by atoms with van der Waals surface area (Å²) in [5, 5.41) is 22.1. The maximum atomic E-state index is 13.0. The number of morpholine rings is 1. The SMILES string of the molecule is Cc1ccc(NC(=O)c2cc(C(F)(F)F)cnn2)cc1-c1nc(N[C@H](C)CO)cc(N2C[C@H]3C[C@@H]2CO3)n1. The summed E-state index contributed by atoms with van der Waals surface area (Å²) in [4.78, 5) is 24.3. The van der Waals surface area contributed by atoms with E-state index in [4.69, 9.17) is 9.72 Å². The molecule has 13 heteroatoms. The third-order valence-electron chi connectivity index (χ3n) is 6.53. The van der Waals surface area contributed by atoms with E-state index in [-0.39, 0.29) is 24.8 Å². The first-order valence-corrected chi connectivity index (χ1v) is 12.1. The Labute approximate surface area is 216 Å². The molecule has 3 atom stereocenters. The van der Waals surface area contributed by atoms with Gasteiger partial charge in [-0.25, -0.2) is 9.97 Å². The molecule has 2 aliphatic rings. The topological polar surface area (TPSA) is 125 Å². The van der Waals surface area contributed by atoms with E-state index in [1.54, 1.807) is 18.2 Å². The van der Waals surface area contributed by atoms with Crippen molar-refractivity contribution in [2.75, 3.05) is 35.3 Å². The van der Waals surface area contributed by atoms with E-state index in [2.05, 4.69) is 30.7 Å². The zero-order valence-corrected chi connectivity index (χ0v) is 20.7. The monoisotopic (exact) mass is 529 g/mol. The second-order valence-corrected chi connectivity index (χ2v) is 9.47. The first-order chi connectivity index (χ1) is 18.1. The van der Waals surface area contributed by atoms with Crippen LogP contribution in [-0.4, -0.2) is 69.1 Å². The molecule has 2 bridgehead atoms. The molecule has 10 nitrogen and oxygen atoms in total. The molecule has 200 valence electrons. The van der Waals surface area contributed by atoms with Gasteiger partial charge >= 0.3 is 6.18 Å². The van der Waals surface area contributed by atoms with Crippen LogP contribution >= 0.6 is 0 Å². The standard InChI is InChI=1S/C25H26F3N7O3/c1-13-3-4-16(31-24(37)20-5-15(9-29-34-20)25(26,27)28)6-19(13)23-32-21(30-14(2)11-36)8-22(33-23)35-10-18-7-17(35)12-38-18/h3-6,8-9,14,17-18,36H,7,10-12H2,1-2H3,(H,31,37)(H,30,32,33)/t14-,17-,18-/m1/s1. The van der Waals surface area contributed by atoms with Crippen LogP contribution in [0, 0.1) is 6.92 Å². The Hall–Kier alpha value is -3.84. The smallest absolute Gasteiger partial charge is 0.394 e. The number of aromatic nitrogens is 4. The van der Waals surface area contributed by atoms with Crippen molar-refractivity contribution >= 4 is 23.2 Å². The lowest BCUT2D eigenvalue weighted by atomic mass is 10.1. The first-order valence-electron chi connectivity index (χ1n) is 12.1. The number of benzene rings is 1. The fraction of sp³-hybridized carbons (Fsp3) is 0.400. The summed E-state index contributed by atoms with van der Waals surface area (Å²) in [5.41, 5.74) is 0.254. The van der Waals surface area contributed by atoms with Crippen molar-refractivity contribution in [1.82, 2.24) is 20.2 Å². The number of ether oxygens (including phenoxy) is 1. The maximum absolute atomic E-state index is 13.0. The van der Waals surface area contributed by atoms with Crippen LogP contribution in [0.3, 0.4) is 0 Å². The number of aliphatic hydroxyl groups is 1. The van der Waals surface area contributed by atoms with Crippen molar-refractivity contribution in [3.05, 3.63) is 53.3 Å². The summed E-state index contributed by atoms with van der Waals surface area (Å²) in [7, 11) is 0. The van der Waals surface area contributed by atoms with Gasteiger partial charge in [0, 0.05) is 29.9 Å². The average Bonchev–Trinajstić information content (AvgIpc) is 3.53. The number of carbonyl (C=O) groups is 1. The number of hydrogen-bond acceptors (Lipinski definition) is 9. The van der Waals surface area contributed by atoms with Crippen LogP contribution in [0.5, 0.6) is 0 Å². The van der Waals surface area contributed by atoms with Crippen LogP contribution in [0.2, 0.25) is 0 Å². The Bertz CT molecular complexity index is 1350. The van der Waals surface area contributed by atoms with E-state index in [1.807, 2.05) is 19.9 Å². The number of anilines is 3. The summed E-state index contributed by atoms with van der Waals surface area (Å²) in [6.45, 7) is 4.94. The second-order valence-electron chi connectivity index (χ2n) is 9.47. The maximum Gasteiger partial charge on any atom is 0.418 e. The van der Waals surface area contributed by atoms with Crippen LogP contribution in [0.4, 0.5) is 30.5 Å². The quantitative estimate of drug-likeness (QED) is 0.423. The molecule has 0 spiro atoms. The number of alkyl halides is 3. The molecule has 0 unspecified atom stereocenters. The van der Waals surface area contributed by atoms with Gasteiger partial charge in [0.2, 0.25) is 0 Å². The summed E-state index contributed by atoms with van der Waals surface area (Å²) in [6.07, 6.45) is -3.00. The van der Waals surface area contributed by atoms with Crippen molar-refractivity contribution in [3.8, 4) is 11.4 Å². The van der Waals surface area contributed by atoms with Gasteiger partial charge in [0.25, 0.3) is 5.91 Å². The molecule has 5 rings (SSSR count). The van der Waals surface area contributed by atoms with Gasteiger partial charge in [-0.2, -0.15) is 18.3 Å². The number of hydrogen-bond donors (Lipinski definition) is 3. The van der Waals surface area contributed by atoms with Crippen molar-refractivity contribution in [2.24, 2.45) is 0 Å². The third kappa shape index (κ3) is 5.38. The number of aliphatic hydroxyl groups excluding tert-OH is 1. The number of aryl methyl sites for hydroxylation is 1. The fourth-order valence-corrected chi connectivity index (χ4v) is 4.52. The molecule has 3 aromatic rings. The van der Waals surface area contributed by atoms with Crippen LogP contribution in [0.25, 0.3) is 11.4 Å². The first kappa shape index (κ1) is 25.8. The molecular formula is C25H26F3N7O3. The minimum atomic E-state index is -4.65. The summed E-state index contributed by atoms with van der Waals surface area (Å²) < 4.78 is 44.8. The highest BCUT2D eigenvalue weighted by molar-refractivity contribution is 6.03. The predicted molar refractivity (Wildman–Crippen MR) is 133 cm³/mol. The van der Waals surface area contributed by atoms with Gasteiger partial charge in [0.05, 0.1) is 37.1 Å². The van der Waals surface area contributed by atoms with Gasteiger partial charge in [-0.1, -0.05) is 6.07 Å². The van der Waals surface area contributed by atoms with Crippen LogP contribution in [0.15, 0.2) is 36.5 Å². The molecular weight excluding hydrogens is 503 g/mol. The normalized spacial score (nSPS) is 19.5. The predicted octanol–water partition coefficient (Wildman–Crippen LogP) is 3.28. The van der Waals surface area contributed by atoms with E-state index in [1.165, 1.54) is 0 Å². The highest BCUT2D eigenvalue weighted by Crippen LogP contribution is 2.34. The number of nitrogens with zero attached hydrogens (tertiary/aromatic N) is 5. The third-order valence-corrected chi connectivity index (χ3v) is 6.53. The highest BCUT2D eigenvalue weighted by atomic mass is 19.4. The minimum Gasteiger partial charge on any atom is -0.394 e. The zero-order valence-electron chi connectivity index (χ0n) is 20.7. The van der Waals surface area contributed by atoms with E-state index >= 15 is 0 Å². The van der Waals surface area contributed by atoms with Gasteiger partial charge in [-0.3, -0.25) is 4.79 Å². The molecule has 1 amide bonds. The lowest BCUT2D eigenvalue weighted by molar-refractivity contribution is -0.137. The van der Waals surface area contributed by atoms with Crippen LogP contribution in [-0.2, 0) is 10.9 Å². The lowest BCUT2D eigenvalue weighted by Gasteiger charge is -2.28. The molecule has 4 heterocycles. The zero-order chi connectivity index (χ0) is 27.0. The van der Waals surface area contributed by atoms with E-state index in [9.17, 15) is 23.1 Å². The molecule has 0 saturated carbocycles. The highest BCUT2D eigenvalue weighted by Gasteiger charge is 2.40. The summed E-state index contributed by atoms with van der Waals surface area (Å²) in [6, 6.07) is 7.50. The second kappa shape index (κ2) is 10.1. The molecule has 3 N–H and O–H groups in total. The van der Waals surface area contributed by atoms with Crippen molar-refractivity contribution in [1.29, 1.82) is 0 Å². The summed E-state index contributed by atoms with van der Waals surface area (Å²) in [5.74, 6) is 0.807. The Morgan fingerprint density at radius 1 is 1.26 bits per heavy atom. The molecule has 38 heavy (non-hydrogen) atoms. The molecule has 0 radical (unpaired) electrons. The largest absolute Gasteiger partial charge is 0.418 e. The molecule has 2 aromatic heterocycles. The fourth-order valence-electron chi connectivity index (χ4n) is 4.52. The number of amides is 1. The molecule has 2 aliphatic heterocycles. The van der Waals surface area contributed by atoms with Crippen molar-refractivity contribution < 1.29 is 27.8 Å². The number of carbonyl (C=O) groups excluding carboxylic acids is 1. The molecule has 2 saturated heterocycles. The van der Waals surface area contributed by atoms with Gasteiger partial charge in [0.1, 0.15) is 11.6 Å². The van der Waals surface area contributed by atoms with Crippen LogP contribution in [0.1, 0.15) is 35.0 Å². The number of rotatable bonds is 7. The van der Waals surface area contributed by atoms with Gasteiger partial charge in [0.15, 0.2) is 11.5 Å². The lowest BCUT2D eigenvalue weighted by Crippen LogP contribution is -2.37. The minimum absolute atomic E-state index is 0.0874. The summed E-state index contributed by atoms with van der Waals surface area (Å²) >= 11 is 0. The Morgan fingerprint density at radius 3 is 2.76 bits per heavy atom. The van der Waals surface area contributed by atoms with Crippen molar-refractivity contribution in [2.45, 2.75) is 44.6 Å².